The van der Waals surface area contributed by atoms with E-state index in [0.717, 1.165) is 19.5 Å². The lowest BCUT2D eigenvalue weighted by atomic mass is 9.95. The fourth-order valence-electron chi connectivity index (χ4n) is 3.51. The Morgan fingerprint density at radius 1 is 1.52 bits per heavy atom. The molecule has 1 fully saturated rings. The van der Waals surface area contributed by atoms with Crippen molar-refractivity contribution < 1.29 is 23.6 Å². The van der Waals surface area contributed by atoms with Gasteiger partial charge < -0.3 is 24.6 Å². The number of ether oxygens (including phenoxy) is 1. The Bertz CT molecular complexity index is 808. The molecule has 8 heteroatoms. The molecule has 0 spiro atoms. The highest BCUT2D eigenvalue weighted by Crippen LogP contribution is 2.32. The molecule has 1 aromatic heterocycles. The zero-order valence-electron chi connectivity index (χ0n) is 15.5. The van der Waals surface area contributed by atoms with Crippen molar-refractivity contribution in [1.82, 2.24) is 10.1 Å². The third-order valence-corrected chi connectivity index (χ3v) is 4.89. The Morgan fingerprint density at radius 2 is 2.33 bits per heavy atom. The average molecular weight is 377 g/mol. The van der Waals surface area contributed by atoms with Crippen molar-refractivity contribution in [1.29, 1.82) is 0 Å². The number of aromatic nitrogens is 1. The number of carboxylic acid groups (broad SMARTS) is 1. The lowest BCUT2D eigenvalue weighted by Crippen LogP contribution is -2.32. The number of rotatable bonds is 7. The lowest BCUT2D eigenvalue weighted by molar-refractivity contribution is 0.0698. The number of hydrogen-bond donors (Lipinski definition) is 2. The Morgan fingerprint density at radius 3 is 3.04 bits per heavy atom. The third kappa shape index (κ3) is 4.39. The predicted octanol–water partition coefficient (Wildman–Crippen LogP) is 3.33. The van der Waals surface area contributed by atoms with Crippen molar-refractivity contribution in [2.45, 2.75) is 19.3 Å². The molecule has 0 radical (unpaired) electrons. The highest BCUT2D eigenvalue weighted by atomic mass is 19.1. The van der Waals surface area contributed by atoms with Crippen molar-refractivity contribution in [2.75, 3.05) is 39.1 Å². The van der Waals surface area contributed by atoms with Gasteiger partial charge in [-0.25, -0.2) is 9.18 Å². The summed E-state index contributed by atoms with van der Waals surface area (Å²) in [7, 11) is 3.46. The zero-order chi connectivity index (χ0) is 19.4. The Hall–Kier alpha value is -2.61. The average Bonchev–Trinajstić information content (AvgIpc) is 3.06. The summed E-state index contributed by atoms with van der Waals surface area (Å²) in [6.07, 6.45) is 3.29. The predicted molar refractivity (Wildman–Crippen MR) is 98.7 cm³/mol. The van der Waals surface area contributed by atoms with Gasteiger partial charge in [0, 0.05) is 18.7 Å². The summed E-state index contributed by atoms with van der Waals surface area (Å²) in [5, 5.41) is 16.6. The molecule has 1 aromatic carbocycles. The second kappa shape index (κ2) is 8.39. The van der Waals surface area contributed by atoms with E-state index in [1.165, 1.54) is 38.2 Å². The molecule has 0 aliphatic carbocycles. The maximum atomic E-state index is 13.6. The van der Waals surface area contributed by atoms with Crippen LogP contribution in [0.5, 0.6) is 5.75 Å². The van der Waals surface area contributed by atoms with E-state index in [-0.39, 0.29) is 22.9 Å². The number of piperidine rings is 1. The first-order valence-corrected chi connectivity index (χ1v) is 8.99. The molecule has 3 rings (SSSR count). The number of nitrogens with zero attached hydrogens (tertiary/aromatic N) is 2. The number of halogens is 1. The topological polar surface area (TPSA) is 87.8 Å². The van der Waals surface area contributed by atoms with Crippen molar-refractivity contribution in [3.05, 3.63) is 29.6 Å². The Kier molecular flexibility index (Phi) is 5.95. The first kappa shape index (κ1) is 19.2. The molecule has 1 aliphatic rings. The molecule has 0 saturated carbocycles. The molecule has 0 bridgehead atoms. The Labute approximate surface area is 157 Å². The number of likely N-dealkylation sites (tertiary alicyclic amines) is 1. The van der Waals surface area contributed by atoms with Gasteiger partial charge in [0.2, 0.25) is 0 Å². The first-order valence-electron chi connectivity index (χ1n) is 8.99. The fraction of sp³-hybridized carbons (Fsp3) is 0.474. The number of nitrogens with one attached hydrogen (secondary N) is 1. The molecule has 2 aromatic rings. The summed E-state index contributed by atoms with van der Waals surface area (Å²) < 4.78 is 23.8. The van der Waals surface area contributed by atoms with E-state index in [0.29, 0.717) is 18.0 Å². The highest BCUT2D eigenvalue weighted by Gasteiger charge is 2.25. The second-order valence-corrected chi connectivity index (χ2v) is 6.88. The first-order chi connectivity index (χ1) is 13.0. The van der Waals surface area contributed by atoms with Crippen molar-refractivity contribution in [3.63, 3.8) is 0 Å². The summed E-state index contributed by atoms with van der Waals surface area (Å²) in [4.78, 5) is 14.1. The number of hydrogen-bond acceptors (Lipinski definition) is 6. The van der Waals surface area contributed by atoms with Gasteiger partial charge in [-0.15, -0.1) is 0 Å². The van der Waals surface area contributed by atoms with Gasteiger partial charge in [0.1, 0.15) is 0 Å². The van der Waals surface area contributed by atoms with E-state index >= 15 is 0 Å². The van der Waals surface area contributed by atoms with Crippen LogP contribution in [-0.2, 0) is 0 Å². The number of methoxy groups -OCH3 is 1. The molecule has 1 saturated heterocycles. The summed E-state index contributed by atoms with van der Waals surface area (Å²) >= 11 is 0. The summed E-state index contributed by atoms with van der Waals surface area (Å²) in [5.74, 6) is -0.845. The Balaban J connectivity index is 1.74. The van der Waals surface area contributed by atoms with E-state index in [1.54, 1.807) is 0 Å². The van der Waals surface area contributed by atoms with Crippen molar-refractivity contribution in [2.24, 2.45) is 5.92 Å². The van der Waals surface area contributed by atoms with Gasteiger partial charge in [-0.3, -0.25) is 0 Å². The minimum absolute atomic E-state index is 0.0103. The number of carbonyl (C=O) groups is 1. The summed E-state index contributed by atoms with van der Waals surface area (Å²) in [6.45, 7) is 2.78. The zero-order valence-corrected chi connectivity index (χ0v) is 15.5. The van der Waals surface area contributed by atoms with E-state index in [4.69, 9.17) is 9.26 Å². The van der Waals surface area contributed by atoms with Gasteiger partial charge in [-0.2, -0.15) is 0 Å². The highest BCUT2D eigenvalue weighted by molar-refractivity contribution is 5.99. The maximum absolute atomic E-state index is 13.6. The normalized spacial score (nSPS) is 17.7. The van der Waals surface area contributed by atoms with Crippen LogP contribution in [0, 0.1) is 11.7 Å². The standard InChI is InChI=1S/C19H24FN3O4/c1-23-9-3-4-12(11-23)7-8-21-18-16(19(24)25)17(27-22-18)13-5-6-14(20)15(10-13)26-2/h5-6,10,12H,3-4,7-9,11H2,1-2H3,(H,21,22)(H,24,25). The second-order valence-electron chi connectivity index (χ2n) is 6.88. The van der Waals surface area contributed by atoms with Crippen LogP contribution in [0.3, 0.4) is 0 Å². The third-order valence-electron chi connectivity index (χ3n) is 4.89. The van der Waals surface area contributed by atoms with E-state index in [2.05, 4.69) is 22.4 Å². The molecular formula is C19H24FN3O4. The van der Waals surface area contributed by atoms with Gasteiger partial charge in [-0.1, -0.05) is 5.16 Å². The monoisotopic (exact) mass is 377 g/mol. The molecule has 0 amide bonds. The van der Waals surface area contributed by atoms with E-state index < -0.39 is 11.8 Å². The molecule has 1 aliphatic heterocycles. The number of carboxylic acids is 1. The quantitative estimate of drug-likeness (QED) is 0.765. The van der Waals surface area contributed by atoms with Gasteiger partial charge in [0.05, 0.1) is 7.11 Å². The maximum Gasteiger partial charge on any atom is 0.343 e. The molecule has 2 heterocycles. The van der Waals surface area contributed by atoms with Crippen LogP contribution in [0.15, 0.2) is 22.7 Å². The van der Waals surface area contributed by atoms with Gasteiger partial charge in [0.15, 0.2) is 28.7 Å². The molecule has 2 N–H and O–H groups in total. The molecule has 1 atom stereocenters. The van der Waals surface area contributed by atoms with Gasteiger partial charge in [-0.05, 0) is 57.0 Å². The van der Waals surface area contributed by atoms with Crippen LogP contribution in [0.4, 0.5) is 10.2 Å². The van der Waals surface area contributed by atoms with Crippen LogP contribution in [0.25, 0.3) is 11.3 Å². The van der Waals surface area contributed by atoms with Crippen molar-refractivity contribution >= 4 is 11.8 Å². The smallest absolute Gasteiger partial charge is 0.343 e. The molecular weight excluding hydrogens is 353 g/mol. The minimum Gasteiger partial charge on any atom is -0.494 e. The minimum atomic E-state index is -1.16. The SMILES string of the molecule is COc1cc(-c2onc(NCCC3CCCN(C)C3)c2C(=O)O)ccc1F. The van der Waals surface area contributed by atoms with Crippen LogP contribution in [-0.4, -0.2) is 54.9 Å². The summed E-state index contributed by atoms with van der Waals surface area (Å²) in [6, 6.07) is 4.03. The van der Waals surface area contributed by atoms with Gasteiger partial charge >= 0.3 is 5.97 Å². The van der Waals surface area contributed by atoms with Crippen LogP contribution >= 0.6 is 0 Å². The van der Waals surface area contributed by atoms with Crippen LogP contribution in [0.2, 0.25) is 0 Å². The lowest BCUT2D eigenvalue weighted by Gasteiger charge is -2.29. The van der Waals surface area contributed by atoms with Crippen LogP contribution < -0.4 is 10.1 Å². The molecule has 27 heavy (non-hydrogen) atoms. The van der Waals surface area contributed by atoms with Crippen molar-refractivity contribution in [3.8, 4) is 17.1 Å². The number of anilines is 1. The van der Waals surface area contributed by atoms with E-state index in [9.17, 15) is 14.3 Å². The molecule has 146 valence electrons. The molecule has 7 nitrogen and oxygen atoms in total. The fourth-order valence-corrected chi connectivity index (χ4v) is 3.51. The number of benzene rings is 1. The van der Waals surface area contributed by atoms with E-state index in [1.807, 2.05) is 0 Å². The largest absolute Gasteiger partial charge is 0.494 e. The van der Waals surface area contributed by atoms with Crippen LogP contribution in [0.1, 0.15) is 29.6 Å². The summed E-state index contributed by atoms with van der Waals surface area (Å²) in [5.41, 5.74) is 0.324. The van der Waals surface area contributed by atoms with Gasteiger partial charge in [0.25, 0.3) is 0 Å². The molecule has 1 unspecified atom stereocenters. The number of aromatic carboxylic acids is 1.